The molecule has 3 amide bonds. The third kappa shape index (κ3) is 3.16. The Morgan fingerprint density at radius 3 is 2.48 bits per heavy atom. The number of hydrogen-bond acceptors (Lipinski definition) is 5. The molecule has 1 aliphatic heterocycles. The first-order chi connectivity index (χ1) is 13.1. The third-order valence-electron chi connectivity index (χ3n) is 5.28. The van der Waals surface area contributed by atoms with Crippen molar-refractivity contribution in [3.63, 3.8) is 0 Å². The van der Waals surface area contributed by atoms with E-state index >= 15 is 0 Å². The topological polar surface area (TPSA) is 70.6 Å². The summed E-state index contributed by atoms with van der Waals surface area (Å²) >= 11 is 1.47. The molecule has 0 N–H and O–H groups in total. The lowest BCUT2D eigenvalue weighted by Gasteiger charge is -2.20. The minimum atomic E-state index is -0.246. The van der Waals surface area contributed by atoms with Crippen LogP contribution in [0, 0.1) is 11.8 Å². The highest BCUT2D eigenvalue weighted by atomic mass is 32.1. The van der Waals surface area contributed by atoms with Crippen LogP contribution in [0.3, 0.4) is 0 Å². The van der Waals surface area contributed by atoms with Gasteiger partial charge in [0.25, 0.3) is 0 Å². The number of thiazole rings is 1. The molecule has 0 saturated carbocycles. The summed E-state index contributed by atoms with van der Waals surface area (Å²) < 4.78 is 1.03. The second-order valence-electron chi connectivity index (χ2n) is 6.84. The molecule has 2 aliphatic rings. The Hall–Kier alpha value is -2.54. The average molecular weight is 383 g/mol. The number of anilines is 1. The van der Waals surface area contributed by atoms with Gasteiger partial charge in [-0.2, -0.15) is 0 Å². The van der Waals surface area contributed by atoms with Crippen LogP contribution in [-0.4, -0.2) is 40.7 Å². The molecule has 0 radical (unpaired) electrons. The fourth-order valence-electron chi connectivity index (χ4n) is 3.83. The van der Waals surface area contributed by atoms with Crippen molar-refractivity contribution in [3.05, 3.63) is 36.4 Å². The summed E-state index contributed by atoms with van der Waals surface area (Å²) in [6, 6.07) is 7.77. The fourth-order valence-corrected chi connectivity index (χ4v) is 4.87. The van der Waals surface area contributed by atoms with Crippen LogP contribution in [0.4, 0.5) is 5.13 Å². The summed E-state index contributed by atoms with van der Waals surface area (Å²) in [5, 5.41) is 0.653. The lowest BCUT2D eigenvalue weighted by atomic mass is 9.85. The number of fused-ring (bicyclic) bond motifs is 2. The standard InChI is InChI=1S/C20H21N3O3S/c1-2-22(20-21-15-9-5-6-10-16(15)27-20)17(24)11-12-23-18(25)13-7-3-4-8-14(13)19(23)26/h3-6,9-10,13-14H,2,7-8,11-12H2,1H3/t13-,14-/m0/s1. The normalized spacial score (nSPS) is 21.7. The van der Waals surface area contributed by atoms with Crippen LogP contribution >= 0.6 is 11.3 Å². The Balaban J connectivity index is 1.45. The third-order valence-corrected chi connectivity index (χ3v) is 6.34. The van der Waals surface area contributed by atoms with Gasteiger partial charge in [-0.25, -0.2) is 4.98 Å². The van der Waals surface area contributed by atoms with Crippen LogP contribution in [0.25, 0.3) is 10.2 Å². The molecule has 0 bridgehead atoms. The van der Waals surface area contributed by atoms with Gasteiger partial charge >= 0.3 is 0 Å². The summed E-state index contributed by atoms with van der Waals surface area (Å²) in [6.07, 6.45) is 5.28. The number of nitrogens with zero attached hydrogens (tertiary/aromatic N) is 3. The number of amides is 3. The minimum absolute atomic E-state index is 0.119. The summed E-state index contributed by atoms with van der Waals surface area (Å²) in [7, 11) is 0. The average Bonchev–Trinajstić information content (AvgIpc) is 3.21. The molecule has 140 valence electrons. The second kappa shape index (κ2) is 7.23. The number of carbonyl (C=O) groups excluding carboxylic acids is 3. The number of imide groups is 1. The zero-order valence-electron chi connectivity index (χ0n) is 15.1. The van der Waals surface area contributed by atoms with E-state index in [4.69, 9.17) is 0 Å². The highest BCUT2D eigenvalue weighted by Gasteiger charge is 2.47. The van der Waals surface area contributed by atoms with E-state index in [-0.39, 0.29) is 42.5 Å². The van der Waals surface area contributed by atoms with Gasteiger partial charge in [0.15, 0.2) is 5.13 Å². The van der Waals surface area contributed by atoms with Crippen molar-refractivity contribution in [2.24, 2.45) is 11.8 Å². The first-order valence-corrected chi connectivity index (χ1v) is 10.1. The first-order valence-electron chi connectivity index (χ1n) is 9.26. The highest BCUT2D eigenvalue weighted by Crippen LogP contribution is 2.35. The maximum absolute atomic E-state index is 12.8. The largest absolute Gasteiger partial charge is 0.288 e. The molecule has 1 aromatic carbocycles. The smallest absolute Gasteiger partial charge is 0.233 e. The SMILES string of the molecule is CCN(C(=O)CCN1C(=O)[C@H]2CC=CC[C@@H]2C1=O)c1nc2ccccc2s1. The second-order valence-corrected chi connectivity index (χ2v) is 7.85. The molecule has 7 heteroatoms. The van der Waals surface area contributed by atoms with Gasteiger partial charge in [0.1, 0.15) is 0 Å². The number of hydrogen-bond donors (Lipinski definition) is 0. The number of carbonyl (C=O) groups is 3. The summed E-state index contributed by atoms with van der Waals surface area (Å²) in [5.41, 5.74) is 0.866. The molecule has 1 aromatic heterocycles. The van der Waals surface area contributed by atoms with E-state index < -0.39 is 0 Å². The van der Waals surface area contributed by atoms with Crippen LogP contribution in [0.5, 0.6) is 0 Å². The number of aromatic nitrogens is 1. The van der Waals surface area contributed by atoms with Gasteiger partial charge in [-0.15, -0.1) is 0 Å². The Morgan fingerprint density at radius 1 is 1.19 bits per heavy atom. The van der Waals surface area contributed by atoms with E-state index in [1.54, 1.807) is 4.90 Å². The number of likely N-dealkylation sites (tertiary alicyclic amines) is 1. The zero-order valence-corrected chi connectivity index (χ0v) is 15.9. The molecule has 1 saturated heterocycles. The van der Waals surface area contributed by atoms with Gasteiger partial charge in [0.2, 0.25) is 17.7 Å². The van der Waals surface area contributed by atoms with Gasteiger partial charge in [-0.05, 0) is 31.9 Å². The summed E-state index contributed by atoms with van der Waals surface area (Å²) in [6.45, 7) is 2.54. The van der Waals surface area contributed by atoms with Crippen molar-refractivity contribution < 1.29 is 14.4 Å². The molecule has 1 fully saturated rings. The molecule has 1 aliphatic carbocycles. The first kappa shape index (κ1) is 17.9. The molecule has 2 aromatic rings. The molecule has 0 spiro atoms. The van der Waals surface area contributed by atoms with E-state index in [2.05, 4.69) is 4.98 Å². The highest BCUT2D eigenvalue weighted by molar-refractivity contribution is 7.22. The Bertz CT molecular complexity index is 876. The lowest BCUT2D eigenvalue weighted by molar-refractivity contribution is -0.140. The molecule has 2 heterocycles. The van der Waals surface area contributed by atoms with Crippen LogP contribution in [0.2, 0.25) is 0 Å². The fraction of sp³-hybridized carbons (Fsp3) is 0.400. The maximum atomic E-state index is 12.8. The maximum Gasteiger partial charge on any atom is 0.233 e. The molecule has 0 unspecified atom stereocenters. The Morgan fingerprint density at radius 2 is 1.85 bits per heavy atom. The van der Waals surface area contributed by atoms with Gasteiger partial charge in [-0.1, -0.05) is 35.6 Å². The lowest BCUT2D eigenvalue weighted by Crippen LogP contribution is -2.37. The van der Waals surface area contributed by atoms with Gasteiger partial charge < -0.3 is 0 Å². The van der Waals surface area contributed by atoms with Gasteiger partial charge in [-0.3, -0.25) is 24.2 Å². The monoisotopic (exact) mass is 383 g/mol. The van der Waals surface area contributed by atoms with Crippen LogP contribution in [0.15, 0.2) is 36.4 Å². The van der Waals surface area contributed by atoms with Crippen molar-refractivity contribution in [2.75, 3.05) is 18.0 Å². The number of benzene rings is 1. The van der Waals surface area contributed by atoms with Crippen molar-refractivity contribution in [2.45, 2.75) is 26.2 Å². The van der Waals surface area contributed by atoms with Crippen molar-refractivity contribution >= 4 is 44.4 Å². The van der Waals surface area contributed by atoms with E-state index in [1.165, 1.54) is 16.2 Å². The summed E-state index contributed by atoms with van der Waals surface area (Å²) in [4.78, 5) is 45.3. The number of allylic oxidation sites excluding steroid dienone is 2. The molecule has 2 atom stereocenters. The molecule has 27 heavy (non-hydrogen) atoms. The van der Waals surface area contributed by atoms with E-state index in [9.17, 15) is 14.4 Å². The van der Waals surface area contributed by atoms with Crippen molar-refractivity contribution in [1.29, 1.82) is 0 Å². The number of rotatable bonds is 5. The predicted molar refractivity (Wildman–Crippen MR) is 104 cm³/mol. The van der Waals surface area contributed by atoms with Crippen LogP contribution < -0.4 is 4.90 Å². The van der Waals surface area contributed by atoms with E-state index in [0.717, 1.165) is 10.2 Å². The Labute approximate surface area is 161 Å². The van der Waals surface area contributed by atoms with Crippen molar-refractivity contribution in [1.82, 2.24) is 9.88 Å². The molecule has 4 rings (SSSR count). The van der Waals surface area contributed by atoms with Crippen LogP contribution in [-0.2, 0) is 14.4 Å². The van der Waals surface area contributed by atoms with Gasteiger partial charge in [0.05, 0.1) is 22.1 Å². The number of para-hydroxylation sites is 1. The van der Waals surface area contributed by atoms with Crippen LogP contribution in [0.1, 0.15) is 26.2 Å². The molecule has 6 nitrogen and oxygen atoms in total. The van der Waals surface area contributed by atoms with Crippen molar-refractivity contribution in [3.8, 4) is 0 Å². The quantitative estimate of drug-likeness (QED) is 0.588. The van der Waals surface area contributed by atoms with Gasteiger partial charge in [0, 0.05) is 19.5 Å². The summed E-state index contributed by atoms with van der Waals surface area (Å²) in [5.74, 6) is -0.881. The molecular formula is C20H21N3O3S. The van der Waals surface area contributed by atoms with E-state index in [0.29, 0.717) is 24.5 Å². The zero-order chi connectivity index (χ0) is 19.0. The Kier molecular flexibility index (Phi) is 4.78. The van der Waals surface area contributed by atoms with E-state index in [1.807, 2.05) is 43.3 Å². The predicted octanol–water partition coefficient (Wildman–Crippen LogP) is 2.99. The molecular weight excluding hydrogens is 362 g/mol. The minimum Gasteiger partial charge on any atom is -0.288 e.